The highest BCUT2D eigenvalue weighted by Crippen LogP contribution is 2.46. The topological polar surface area (TPSA) is 129 Å². The fourth-order valence-corrected chi connectivity index (χ4v) is 3.88. The molecule has 0 spiro atoms. The van der Waals surface area contributed by atoms with E-state index in [0.717, 1.165) is 18.2 Å². The number of urea groups is 1. The van der Waals surface area contributed by atoms with E-state index >= 15 is 0 Å². The average Bonchev–Trinajstić information content (AvgIpc) is 3.45. The number of aryl methyl sites for hydroxylation is 1. The van der Waals surface area contributed by atoms with Gasteiger partial charge in [-0.3, -0.25) is 9.78 Å². The summed E-state index contributed by atoms with van der Waals surface area (Å²) in [6.45, 7) is 1.16. The first-order valence-corrected chi connectivity index (χ1v) is 12.4. The van der Waals surface area contributed by atoms with Gasteiger partial charge in [-0.2, -0.15) is 8.78 Å². The Balaban J connectivity index is 1.13. The molecule has 1 aliphatic heterocycles. The summed E-state index contributed by atoms with van der Waals surface area (Å²) in [4.78, 5) is 32.9. The molecule has 15 heteroatoms. The molecule has 3 amide bonds. The number of nitrogens with one attached hydrogen (secondary N) is 3. The highest BCUT2D eigenvalue weighted by atomic mass is 19.3. The number of amides is 3. The molecule has 0 saturated carbocycles. The number of rotatable bonds is 9. The second-order valence-corrected chi connectivity index (χ2v) is 8.89. The first-order chi connectivity index (χ1) is 20.1. The molecule has 0 unspecified atom stereocenters. The van der Waals surface area contributed by atoms with Gasteiger partial charge in [0.2, 0.25) is 0 Å². The lowest BCUT2D eigenvalue weighted by Gasteiger charge is -2.30. The summed E-state index contributed by atoms with van der Waals surface area (Å²) in [6, 6.07) is 11.2. The van der Waals surface area contributed by atoms with Crippen molar-refractivity contribution in [2.75, 3.05) is 17.2 Å². The predicted octanol–water partition coefficient (Wildman–Crippen LogP) is 5.54. The number of hydrogen-bond acceptors (Lipinski definition) is 7. The number of hydrogen-bond donors (Lipinski definition) is 3. The van der Waals surface area contributed by atoms with Crippen molar-refractivity contribution >= 4 is 23.3 Å². The number of alkyl halides is 4. The third kappa shape index (κ3) is 7.11. The fraction of sp³-hybridized carbons (Fsp3) is 0.185. The standard InChI is InChI=1S/C27H22F4N6O5/c28-26(29)21-14-18(4-7-23(21)41-27(30,31)42-26)36-25(39)35-17-2-5-19(6-3-17)40-20-8-10-33-22(15-20)24(38)34-9-1-12-37-13-11-32-16-37/h2-8,10-11,13-16H,1,9,12H2,(H,34,38)(H2,35,36,39). The minimum absolute atomic E-state index is 0.112. The maximum absolute atomic E-state index is 14.0. The molecule has 218 valence electrons. The highest BCUT2D eigenvalue weighted by molar-refractivity contribution is 5.99. The monoisotopic (exact) mass is 586 g/mol. The molecule has 2 aromatic heterocycles. The van der Waals surface area contributed by atoms with Crippen LogP contribution in [0.15, 0.2) is 79.5 Å². The number of pyridine rings is 1. The van der Waals surface area contributed by atoms with Crippen LogP contribution in [0.1, 0.15) is 22.5 Å². The van der Waals surface area contributed by atoms with Gasteiger partial charge in [0.15, 0.2) is 0 Å². The quantitative estimate of drug-likeness (QED) is 0.173. The Morgan fingerprint density at radius 2 is 1.69 bits per heavy atom. The third-order valence-corrected chi connectivity index (χ3v) is 5.78. The molecule has 0 atom stereocenters. The van der Waals surface area contributed by atoms with Crippen LogP contribution in [0.3, 0.4) is 0 Å². The number of ether oxygens (including phenoxy) is 3. The summed E-state index contributed by atoms with van der Waals surface area (Å²) >= 11 is 0. The molecule has 3 N–H and O–H groups in total. The molecule has 2 aromatic carbocycles. The van der Waals surface area contributed by atoms with Crippen LogP contribution in [0.4, 0.5) is 33.7 Å². The van der Waals surface area contributed by atoms with E-state index in [1.54, 1.807) is 30.7 Å². The summed E-state index contributed by atoms with van der Waals surface area (Å²) in [6.07, 6.45) is -1.45. The van der Waals surface area contributed by atoms with Gasteiger partial charge in [0.1, 0.15) is 22.9 Å². The van der Waals surface area contributed by atoms with Gasteiger partial charge in [0, 0.05) is 49.1 Å². The van der Waals surface area contributed by atoms with Crippen LogP contribution < -0.4 is 25.4 Å². The molecule has 4 aromatic rings. The summed E-state index contributed by atoms with van der Waals surface area (Å²) in [5.41, 5.74) is -0.564. The lowest BCUT2D eigenvalue weighted by molar-refractivity contribution is -0.461. The summed E-state index contributed by atoms with van der Waals surface area (Å²) in [5, 5.41) is 7.64. The zero-order valence-corrected chi connectivity index (χ0v) is 21.5. The van der Waals surface area contributed by atoms with Crippen LogP contribution in [-0.4, -0.2) is 39.3 Å². The Bertz CT molecular complexity index is 1570. The van der Waals surface area contributed by atoms with E-state index in [9.17, 15) is 27.2 Å². The van der Waals surface area contributed by atoms with Crippen LogP contribution in [0.5, 0.6) is 17.2 Å². The average molecular weight is 587 g/mol. The van der Waals surface area contributed by atoms with Gasteiger partial charge in [0.25, 0.3) is 5.91 Å². The predicted molar refractivity (Wildman–Crippen MR) is 140 cm³/mol. The van der Waals surface area contributed by atoms with Crippen molar-refractivity contribution in [3.05, 3.63) is 90.8 Å². The number of halogens is 4. The van der Waals surface area contributed by atoms with Crippen molar-refractivity contribution in [3.8, 4) is 17.2 Å². The van der Waals surface area contributed by atoms with Crippen LogP contribution in [0, 0.1) is 0 Å². The van der Waals surface area contributed by atoms with Gasteiger partial charge in [-0.15, -0.1) is 8.78 Å². The van der Waals surface area contributed by atoms with Gasteiger partial charge < -0.3 is 30.0 Å². The smallest absolute Gasteiger partial charge is 0.457 e. The van der Waals surface area contributed by atoms with E-state index in [4.69, 9.17) is 4.74 Å². The molecule has 1 aliphatic rings. The van der Waals surface area contributed by atoms with Crippen LogP contribution in [0.2, 0.25) is 0 Å². The Kier molecular flexibility index (Phi) is 7.93. The number of benzene rings is 2. The summed E-state index contributed by atoms with van der Waals surface area (Å²) in [5.74, 6) is -0.367. The molecule has 0 saturated heterocycles. The van der Waals surface area contributed by atoms with Gasteiger partial charge in [0.05, 0.1) is 11.9 Å². The maximum Gasteiger partial charge on any atom is 0.540 e. The normalized spacial score (nSPS) is 14.7. The van der Waals surface area contributed by atoms with Crippen molar-refractivity contribution in [1.29, 1.82) is 0 Å². The van der Waals surface area contributed by atoms with Crippen molar-refractivity contribution in [2.45, 2.75) is 25.4 Å². The summed E-state index contributed by atoms with van der Waals surface area (Å²) < 4.78 is 69.5. The van der Waals surface area contributed by atoms with Crippen molar-refractivity contribution < 1.29 is 41.4 Å². The fourth-order valence-electron chi connectivity index (χ4n) is 3.88. The highest BCUT2D eigenvalue weighted by Gasteiger charge is 2.54. The van der Waals surface area contributed by atoms with Gasteiger partial charge in [-0.05, 0) is 55.0 Å². The van der Waals surface area contributed by atoms with Crippen molar-refractivity contribution in [3.63, 3.8) is 0 Å². The molecule has 0 radical (unpaired) electrons. The molecular weight excluding hydrogens is 564 g/mol. The lowest BCUT2D eigenvalue weighted by Crippen LogP contribution is -2.41. The molecule has 42 heavy (non-hydrogen) atoms. The van der Waals surface area contributed by atoms with Crippen molar-refractivity contribution in [1.82, 2.24) is 19.9 Å². The number of carbonyl (C=O) groups excluding carboxylic acids is 2. The first-order valence-electron chi connectivity index (χ1n) is 12.4. The van der Waals surface area contributed by atoms with Gasteiger partial charge >= 0.3 is 18.4 Å². The zero-order chi connectivity index (χ0) is 29.7. The minimum atomic E-state index is -4.49. The number of aromatic nitrogens is 3. The number of fused-ring (bicyclic) bond motifs is 1. The second kappa shape index (κ2) is 11.7. The molecule has 0 aliphatic carbocycles. The van der Waals surface area contributed by atoms with E-state index < -0.39 is 29.7 Å². The van der Waals surface area contributed by atoms with E-state index in [-0.39, 0.29) is 17.3 Å². The van der Waals surface area contributed by atoms with Crippen molar-refractivity contribution in [2.24, 2.45) is 0 Å². The zero-order valence-electron chi connectivity index (χ0n) is 21.5. The number of anilines is 2. The van der Waals surface area contributed by atoms with E-state index in [1.807, 2.05) is 10.8 Å². The SMILES string of the molecule is O=C(Nc1ccc(Oc2ccnc(C(=O)NCCCn3ccnc3)c2)cc1)Nc1ccc2c(c1)C(F)(F)OC(F)(F)O2. The number of imidazole rings is 1. The molecule has 11 nitrogen and oxygen atoms in total. The van der Waals surface area contributed by atoms with Gasteiger partial charge in [-0.25, -0.2) is 14.5 Å². The molecule has 5 rings (SSSR count). The van der Waals surface area contributed by atoms with E-state index in [1.165, 1.54) is 24.4 Å². The Hall–Kier alpha value is -5.18. The Morgan fingerprint density at radius 1 is 0.929 bits per heavy atom. The summed E-state index contributed by atoms with van der Waals surface area (Å²) in [7, 11) is 0. The van der Waals surface area contributed by atoms with Crippen LogP contribution in [0.25, 0.3) is 0 Å². The van der Waals surface area contributed by atoms with Crippen LogP contribution >= 0.6 is 0 Å². The third-order valence-electron chi connectivity index (χ3n) is 5.78. The number of nitrogens with zero attached hydrogens (tertiary/aromatic N) is 3. The largest absolute Gasteiger partial charge is 0.540 e. The molecule has 0 fully saturated rings. The lowest BCUT2D eigenvalue weighted by atomic mass is 10.1. The van der Waals surface area contributed by atoms with Crippen LogP contribution in [-0.2, 0) is 17.4 Å². The second-order valence-electron chi connectivity index (χ2n) is 8.89. The van der Waals surface area contributed by atoms with E-state index in [0.29, 0.717) is 36.7 Å². The Labute approximate surface area is 235 Å². The molecule has 0 bridgehead atoms. The molecular formula is C27H22F4N6O5. The maximum atomic E-state index is 14.0. The first kappa shape index (κ1) is 28.4. The molecule has 3 heterocycles. The van der Waals surface area contributed by atoms with Gasteiger partial charge in [-0.1, -0.05) is 0 Å². The van der Waals surface area contributed by atoms with E-state index in [2.05, 4.69) is 35.4 Å². The Morgan fingerprint density at radius 3 is 2.45 bits per heavy atom. The number of carbonyl (C=O) groups is 2. The minimum Gasteiger partial charge on any atom is -0.457 e.